The number of nitrogens with two attached hydrogens (primary N) is 1. The van der Waals surface area contributed by atoms with Crippen LogP contribution in [0.5, 0.6) is 0 Å². The fourth-order valence-corrected chi connectivity index (χ4v) is 2.14. The molecule has 0 radical (unpaired) electrons. The Morgan fingerprint density at radius 1 is 1.43 bits per heavy atom. The largest absolute Gasteiger partial charge is 0.374 e. The van der Waals surface area contributed by atoms with E-state index in [1.54, 1.807) is 0 Å². The number of hydrogen-bond donors (Lipinski definition) is 1. The topological polar surface area (TPSA) is 51.8 Å². The molecule has 2 aromatic rings. The van der Waals surface area contributed by atoms with Gasteiger partial charge in [0.25, 0.3) is 0 Å². The minimum absolute atomic E-state index is 0.502. The molecule has 1 aromatic carbocycles. The highest BCUT2D eigenvalue weighted by atomic mass is 79.9. The van der Waals surface area contributed by atoms with Gasteiger partial charge in [0.05, 0.1) is 0 Å². The summed E-state index contributed by atoms with van der Waals surface area (Å²) in [6, 6.07) is 5.99. The molecule has 0 bridgehead atoms. The molecule has 0 spiro atoms. The lowest BCUT2D eigenvalue weighted by Crippen LogP contribution is -1.86. The molecule has 0 aliphatic carbocycles. The first-order valence-corrected chi connectivity index (χ1v) is 5.59. The fraction of sp³-hybridized carbons (Fsp3) is 0.111. The quantitative estimate of drug-likeness (QED) is 0.866. The van der Waals surface area contributed by atoms with E-state index >= 15 is 0 Å². The molecule has 0 aliphatic rings. The van der Waals surface area contributed by atoms with Crippen LogP contribution in [0.2, 0.25) is 0 Å². The van der Waals surface area contributed by atoms with Gasteiger partial charge in [-0.2, -0.15) is 9.36 Å². The Hall–Kier alpha value is -0.940. The normalized spacial score (nSPS) is 10.4. The second-order valence-corrected chi connectivity index (χ2v) is 4.61. The Kier molecular flexibility index (Phi) is 2.52. The zero-order chi connectivity index (χ0) is 10.1. The lowest BCUT2D eigenvalue weighted by molar-refractivity contribution is 1.30. The summed E-state index contributed by atoms with van der Waals surface area (Å²) in [4.78, 5) is 4.14. The Bertz CT molecular complexity index is 467. The molecule has 5 heteroatoms. The molecule has 2 N–H and O–H groups in total. The highest BCUT2D eigenvalue weighted by Crippen LogP contribution is 2.25. The Morgan fingerprint density at radius 2 is 2.21 bits per heavy atom. The van der Waals surface area contributed by atoms with Crippen molar-refractivity contribution in [2.24, 2.45) is 0 Å². The van der Waals surface area contributed by atoms with E-state index in [9.17, 15) is 0 Å². The van der Waals surface area contributed by atoms with Gasteiger partial charge in [-0.1, -0.05) is 15.9 Å². The molecule has 0 aliphatic heterocycles. The number of halogens is 1. The lowest BCUT2D eigenvalue weighted by Gasteiger charge is -2.01. The van der Waals surface area contributed by atoms with Gasteiger partial charge >= 0.3 is 0 Å². The van der Waals surface area contributed by atoms with Gasteiger partial charge in [0.2, 0.25) is 0 Å². The van der Waals surface area contributed by atoms with Crippen LogP contribution in [0.3, 0.4) is 0 Å². The second-order valence-electron chi connectivity index (χ2n) is 2.92. The predicted molar refractivity (Wildman–Crippen MR) is 62.2 cm³/mol. The van der Waals surface area contributed by atoms with E-state index in [2.05, 4.69) is 25.3 Å². The first kappa shape index (κ1) is 9.61. The molecule has 0 amide bonds. The summed E-state index contributed by atoms with van der Waals surface area (Å²) in [5.74, 6) is 0.706. The maximum Gasteiger partial charge on any atom is 0.200 e. The summed E-state index contributed by atoms with van der Waals surface area (Å²) in [5.41, 5.74) is 7.70. The van der Waals surface area contributed by atoms with Crippen molar-refractivity contribution in [1.82, 2.24) is 9.36 Å². The van der Waals surface area contributed by atoms with Gasteiger partial charge in [-0.3, -0.25) is 0 Å². The predicted octanol–water partition coefficient (Wildman–Crippen LogP) is 2.86. The van der Waals surface area contributed by atoms with E-state index in [1.807, 2.05) is 25.1 Å². The average molecular weight is 270 g/mol. The van der Waals surface area contributed by atoms with Crippen LogP contribution in [-0.4, -0.2) is 9.36 Å². The van der Waals surface area contributed by atoms with Crippen molar-refractivity contribution in [3.63, 3.8) is 0 Å². The van der Waals surface area contributed by atoms with Crippen molar-refractivity contribution < 1.29 is 0 Å². The number of hydrogen-bond acceptors (Lipinski definition) is 4. The molecule has 0 saturated heterocycles. The molecule has 14 heavy (non-hydrogen) atoms. The van der Waals surface area contributed by atoms with Gasteiger partial charge in [-0.25, -0.2) is 0 Å². The van der Waals surface area contributed by atoms with Crippen molar-refractivity contribution >= 4 is 32.6 Å². The molecule has 72 valence electrons. The third-order valence-electron chi connectivity index (χ3n) is 1.87. The van der Waals surface area contributed by atoms with Crippen molar-refractivity contribution in [2.45, 2.75) is 6.92 Å². The summed E-state index contributed by atoms with van der Waals surface area (Å²) < 4.78 is 5.22. The van der Waals surface area contributed by atoms with Crippen molar-refractivity contribution in [2.75, 3.05) is 5.73 Å². The summed E-state index contributed by atoms with van der Waals surface area (Å²) in [7, 11) is 0. The lowest BCUT2D eigenvalue weighted by atomic mass is 10.1. The number of rotatable bonds is 1. The summed E-state index contributed by atoms with van der Waals surface area (Å²) >= 11 is 4.63. The van der Waals surface area contributed by atoms with Crippen LogP contribution in [0.1, 0.15) is 5.56 Å². The van der Waals surface area contributed by atoms with E-state index in [-0.39, 0.29) is 0 Å². The van der Waals surface area contributed by atoms with Gasteiger partial charge < -0.3 is 5.73 Å². The number of aryl methyl sites for hydroxylation is 1. The molecular weight excluding hydrogens is 262 g/mol. The second kappa shape index (κ2) is 3.67. The van der Waals surface area contributed by atoms with Crippen molar-refractivity contribution in [3.8, 4) is 11.4 Å². The number of aromatic nitrogens is 2. The highest BCUT2D eigenvalue weighted by Gasteiger charge is 2.07. The fourth-order valence-electron chi connectivity index (χ4n) is 1.22. The van der Waals surface area contributed by atoms with Gasteiger partial charge in [0, 0.05) is 21.6 Å². The first-order valence-electron chi connectivity index (χ1n) is 4.02. The van der Waals surface area contributed by atoms with Crippen molar-refractivity contribution in [3.05, 3.63) is 28.2 Å². The highest BCUT2D eigenvalue weighted by molar-refractivity contribution is 9.10. The molecule has 0 saturated carbocycles. The smallest absolute Gasteiger partial charge is 0.200 e. The van der Waals surface area contributed by atoms with E-state index in [0.29, 0.717) is 11.0 Å². The number of nitrogen functional groups attached to an aromatic ring is 1. The maximum atomic E-state index is 5.53. The Labute approximate surface area is 94.3 Å². The summed E-state index contributed by atoms with van der Waals surface area (Å²) in [6.07, 6.45) is 0. The van der Waals surface area contributed by atoms with Gasteiger partial charge in [-0.15, -0.1) is 0 Å². The molecule has 0 unspecified atom stereocenters. The van der Waals surface area contributed by atoms with Gasteiger partial charge in [0.15, 0.2) is 11.0 Å². The van der Waals surface area contributed by atoms with Gasteiger partial charge in [-0.05, 0) is 30.7 Å². The van der Waals surface area contributed by atoms with Crippen molar-refractivity contribution in [1.29, 1.82) is 0 Å². The van der Waals surface area contributed by atoms with E-state index in [1.165, 1.54) is 11.5 Å². The minimum atomic E-state index is 0.502. The molecule has 1 heterocycles. The van der Waals surface area contributed by atoms with Crippen LogP contribution in [0.4, 0.5) is 5.13 Å². The van der Waals surface area contributed by atoms with Gasteiger partial charge in [0.1, 0.15) is 0 Å². The van der Waals surface area contributed by atoms with Crippen LogP contribution < -0.4 is 5.73 Å². The van der Waals surface area contributed by atoms with Crippen LogP contribution in [-0.2, 0) is 0 Å². The SMILES string of the molecule is Cc1cc(Br)ccc1-c1nsc(N)n1. The molecule has 1 aromatic heterocycles. The Morgan fingerprint density at radius 3 is 2.79 bits per heavy atom. The molecule has 3 nitrogen and oxygen atoms in total. The molecule has 2 rings (SSSR count). The number of nitrogens with zero attached hydrogens (tertiary/aromatic N) is 2. The van der Waals surface area contributed by atoms with E-state index in [4.69, 9.17) is 5.73 Å². The zero-order valence-electron chi connectivity index (χ0n) is 7.49. The maximum absolute atomic E-state index is 5.53. The van der Waals surface area contributed by atoms with Crippen LogP contribution >= 0.6 is 27.5 Å². The van der Waals surface area contributed by atoms with Crippen LogP contribution in [0, 0.1) is 6.92 Å². The summed E-state index contributed by atoms with van der Waals surface area (Å²) in [6.45, 7) is 2.03. The van der Waals surface area contributed by atoms with E-state index in [0.717, 1.165) is 15.6 Å². The zero-order valence-corrected chi connectivity index (χ0v) is 9.89. The third-order valence-corrected chi connectivity index (χ3v) is 2.91. The molecule has 0 atom stereocenters. The van der Waals surface area contributed by atoms with Crippen LogP contribution in [0.15, 0.2) is 22.7 Å². The standard InChI is InChI=1S/C9H8BrN3S/c1-5-4-6(10)2-3-7(5)8-12-9(11)14-13-8/h2-4H,1H3,(H2,11,12,13). The van der Waals surface area contributed by atoms with Crippen LogP contribution in [0.25, 0.3) is 11.4 Å². The monoisotopic (exact) mass is 269 g/mol. The number of anilines is 1. The molecule has 0 fully saturated rings. The first-order chi connectivity index (χ1) is 6.66. The molecular formula is C9H8BrN3S. The Balaban J connectivity index is 2.52. The average Bonchev–Trinajstić information content (AvgIpc) is 2.51. The number of benzene rings is 1. The third kappa shape index (κ3) is 1.78. The minimum Gasteiger partial charge on any atom is -0.374 e. The van der Waals surface area contributed by atoms with E-state index < -0.39 is 0 Å². The summed E-state index contributed by atoms with van der Waals surface area (Å²) in [5, 5.41) is 0.502.